The van der Waals surface area contributed by atoms with Crippen molar-refractivity contribution < 1.29 is 0 Å². The van der Waals surface area contributed by atoms with E-state index in [0.717, 1.165) is 30.0 Å². The summed E-state index contributed by atoms with van der Waals surface area (Å²) < 4.78 is 2.32. The van der Waals surface area contributed by atoms with E-state index >= 15 is 0 Å². The maximum absolute atomic E-state index is 4.71. The van der Waals surface area contributed by atoms with E-state index in [0.29, 0.717) is 5.41 Å². The first-order valence-corrected chi connectivity index (χ1v) is 9.14. The van der Waals surface area contributed by atoms with Gasteiger partial charge in [0.05, 0.1) is 0 Å². The van der Waals surface area contributed by atoms with Crippen LogP contribution in [0.1, 0.15) is 55.7 Å². The molecule has 23 heavy (non-hydrogen) atoms. The van der Waals surface area contributed by atoms with Crippen molar-refractivity contribution in [3.8, 4) is 0 Å². The lowest BCUT2D eigenvalue weighted by Crippen LogP contribution is -2.49. The standard InChI is InChI=1S/C20H25N3/c1-23-18(10-14-5-3-2-4-6-14)21-22-19(23)20-11-15-7-16(12-20)9-17(8-15)13-20/h2-6,15-17H,7-13H2,1H3. The van der Waals surface area contributed by atoms with Crippen LogP contribution in [0.25, 0.3) is 0 Å². The number of aromatic nitrogens is 3. The van der Waals surface area contributed by atoms with Gasteiger partial charge in [-0.05, 0) is 61.8 Å². The fourth-order valence-electron chi connectivity index (χ4n) is 6.14. The van der Waals surface area contributed by atoms with Crippen molar-refractivity contribution in [2.45, 2.75) is 50.4 Å². The van der Waals surface area contributed by atoms with Gasteiger partial charge in [0.15, 0.2) is 0 Å². The molecule has 4 aliphatic rings. The van der Waals surface area contributed by atoms with Gasteiger partial charge in [0.25, 0.3) is 0 Å². The Morgan fingerprint density at radius 2 is 1.57 bits per heavy atom. The van der Waals surface area contributed by atoms with E-state index in [9.17, 15) is 0 Å². The predicted octanol–water partition coefficient (Wildman–Crippen LogP) is 3.87. The Hall–Kier alpha value is -1.64. The Morgan fingerprint density at radius 3 is 2.17 bits per heavy atom. The monoisotopic (exact) mass is 307 g/mol. The molecule has 1 aromatic heterocycles. The number of hydrogen-bond acceptors (Lipinski definition) is 2. The summed E-state index contributed by atoms with van der Waals surface area (Å²) in [5, 5.41) is 9.30. The van der Waals surface area contributed by atoms with Gasteiger partial charge in [-0.3, -0.25) is 0 Å². The van der Waals surface area contributed by atoms with Crippen molar-refractivity contribution in [2.75, 3.05) is 0 Å². The molecule has 4 saturated carbocycles. The third kappa shape index (κ3) is 2.16. The minimum absolute atomic E-state index is 0.339. The minimum atomic E-state index is 0.339. The average molecular weight is 307 g/mol. The number of rotatable bonds is 3. The van der Waals surface area contributed by atoms with Gasteiger partial charge in [-0.1, -0.05) is 30.3 Å². The molecule has 0 unspecified atom stereocenters. The van der Waals surface area contributed by atoms with Crippen LogP contribution in [0.4, 0.5) is 0 Å². The molecule has 0 spiro atoms. The van der Waals surface area contributed by atoms with Gasteiger partial charge in [-0.2, -0.15) is 0 Å². The summed E-state index contributed by atoms with van der Waals surface area (Å²) in [6.45, 7) is 0. The second-order valence-corrected chi connectivity index (χ2v) is 8.36. The Labute approximate surface area is 138 Å². The van der Waals surface area contributed by atoms with E-state index in [1.54, 1.807) is 0 Å². The largest absolute Gasteiger partial charge is 0.317 e. The maximum Gasteiger partial charge on any atom is 0.139 e. The molecule has 3 nitrogen and oxygen atoms in total. The molecule has 0 amide bonds. The number of nitrogens with zero attached hydrogens (tertiary/aromatic N) is 3. The zero-order valence-corrected chi connectivity index (χ0v) is 13.9. The highest BCUT2D eigenvalue weighted by molar-refractivity contribution is 5.22. The molecule has 4 aliphatic carbocycles. The molecule has 4 bridgehead atoms. The first-order valence-electron chi connectivity index (χ1n) is 9.14. The van der Waals surface area contributed by atoms with Crippen molar-refractivity contribution in [2.24, 2.45) is 24.8 Å². The highest BCUT2D eigenvalue weighted by Crippen LogP contribution is 2.60. The molecule has 3 heteroatoms. The molecule has 120 valence electrons. The topological polar surface area (TPSA) is 30.7 Å². The molecular weight excluding hydrogens is 282 g/mol. The molecule has 6 rings (SSSR count). The van der Waals surface area contributed by atoms with Gasteiger partial charge < -0.3 is 4.57 Å². The first kappa shape index (κ1) is 13.8. The normalized spacial score (nSPS) is 34.9. The van der Waals surface area contributed by atoms with E-state index < -0.39 is 0 Å². The van der Waals surface area contributed by atoms with Crippen LogP contribution in [-0.2, 0) is 18.9 Å². The molecule has 1 aromatic carbocycles. The molecule has 4 fully saturated rings. The second kappa shape index (κ2) is 4.93. The molecular formula is C20H25N3. The third-order valence-corrected chi connectivity index (χ3v) is 6.68. The summed E-state index contributed by atoms with van der Waals surface area (Å²) in [6.07, 6.45) is 9.40. The molecule has 2 aromatic rings. The van der Waals surface area contributed by atoms with E-state index in [4.69, 9.17) is 5.10 Å². The van der Waals surface area contributed by atoms with E-state index in [1.807, 2.05) is 0 Å². The SMILES string of the molecule is Cn1c(Cc2ccccc2)nnc1C12CC3CC(CC(C3)C1)C2. The van der Waals surface area contributed by atoms with Crippen molar-refractivity contribution >= 4 is 0 Å². The molecule has 0 radical (unpaired) electrons. The van der Waals surface area contributed by atoms with Crippen LogP contribution in [-0.4, -0.2) is 14.8 Å². The van der Waals surface area contributed by atoms with Crippen LogP contribution in [0, 0.1) is 17.8 Å². The minimum Gasteiger partial charge on any atom is -0.317 e. The lowest BCUT2D eigenvalue weighted by molar-refractivity contribution is -0.0108. The molecule has 0 atom stereocenters. The molecule has 0 aliphatic heterocycles. The lowest BCUT2D eigenvalue weighted by atomic mass is 9.49. The smallest absolute Gasteiger partial charge is 0.139 e. The maximum atomic E-state index is 4.71. The van der Waals surface area contributed by atoms with Gasteiger partial charge in [0, 0.05) is 18.9 Å². The Bertz CT molecular complexity index is 680. The van der Waals surface area contributed by atoms with Gasteiger partial charge in [0.1, 0.15) is 11.6 Å². The molecule has 0 saturated heterocycles. The average Bonchev–Trinajstić information content (AvgIpc) is 2.89. The Morgan fingerprint density at radius 1 is 0.957 bits per heavy atom. The fraction of sp³-hybridized carbons (Fsp3) is 0.600. The summed E-state index contributed by atoms with van der Waals surface area (Å²) in [5.41, 5.74) is 1.66. The van der Waals surface area contributed by atoms with Crippen LogP contribution in [0.5, 0.6) is 0 Å². The van der Waals surface area contributed by atoms with Crippen LogP contribution in [0.2, 0.25) is 0 Å². The molecule has 1 heterocycles. The van der Waals surface area contributed by atoms with Gasteiger partial charge in [0.2, 0.25) is 0 Å². The summed E-state index contributed by atoms with van der Waals surface area (Å²) in [6, 6.07) is 10.6. The van der Waals surface area contributed by atoms with Crippen LogP contribution >= 0.6 is 0 Å². The Balaban J connectivity index is 1.48. The quantitative estimate of drug-likeness (QED) is 0.861. The van der Waals surface area contributed by atoms with Crippen LogP contribution in [0.3, 0.4) is 0 Å². The van der Waals surface area contributed by atoms with Gasteiger partial charge in [-0.15, -0.1) is 10.2 Å². The summed E-state index contributed by atoms with van der Waals surface area (Å²) in [4.78, 5) is 0. The molecule has 0 N–H and O–H groups in total. The highest BCUT2D eigenvalue weighted by Gasteiger charge is 2.53. The first-order chi connectivity index (χ1) is 11.2. The van der Waals surface area contributed by atoms with E-state index in [2.05, 4.69) is 47.0 Å². The van der Waals surface area contributed by atoms with Crippen molar-refractivity contribution in [1.29, 1.82) is 0 Å². The van der Waals surface area contributed by atoms with Gasteiger partial charge >= 0.3 is 0 Å². The van der Waals surface area contributed by atoms with Crippen LogP contribution < -0.4 is 0 Å². The van der Waals surface area contributed by atoms with E-state index in [1.165, 1.54) is 49.9 Å². The fourth-order valence-corrected chi connectivity index (χ4v) is 6.14. The predicted molar refractivity (Wildman–Crippen MR) is 90.1 cm³/mol. The van der Waals surface area contributed by atoms with E-state index in [-0.39, 0.29) is 0 Å². The summed E-state index contributed by atoms with van der Waals surface area (Å²) in [7, 11) is 2.19. The van der Waals surface area contributed by atoms with Crippen LogP contribution in [0.15, 0.2) is 30.3 Å². The van der Waals surface area contributed by atoms with Crippen molar-refractivity contribution in [1.82, 2.24) is 14.8 Å². The third-order valence-electron chi connectivity index (χ3n) is 6.68. The summed E-state index contributed by atoms with van der Waals surface area (Å²) >= 11 is 0. The van der Waals surface area contributed by atoms with Crippen molar-refractivity contribution in [3.05, 3.63) is 47.5 Å². The van der Waals surface area contributed by atoms with Gasteiger partial charge in [-0.25, -0.2) is 0 Å². The lowest BCUT2D eigenvalue weighted by Gasteiger charge is -2.56. The Kier molecular flexibility index (Phi) is 2.95. The summed E-state index contributed by atoms with van der Waals surface area (Å²) in [5.74, 6) is 5.26. The zero-order chi connectivity index (χ0) is 15.4. The number of benzene rings is 1. The highest BCUT2D eigenvalue weighted by atomic mass is 15.3. The van der Waals surface area contributed by atoms with Crippen molar-refractivity contribution in [3.63, 3.8) is 0 Å². The zero-order valence-electron chi connectivity index (χ0n) is 13.9. The second-order valence-electron chi connectivity index (χ2n) is 8.36. The number of hydrogen-bond donors (Lipinski definition) is 0.